The highest BCUT2D eigenvalue weighted by molar-refractivity contribution is 5.75. The number of amides is 2. The normalized spacial score (nSPS) is 17.5. The molecule has 1 unspecified atom stereocenters. The van der Waals surface area contributed by atoms with Gasteiger partial charge in [-0.15, -0.1) is 0 Å². The number of hydrogen-bond acceptors (Lipinski definition) is 2. The summed E-state index contributed by atoms with van der Waals surface area (Å²) in [4.78, 5) is 13.3. The van der Waals surface area contributed by atoms with E-state index in [0.29, 0.717) is 12.5 Å². The third-order valence-corrected chi connectivity index (χ3v) is 2.33. The summed E-state index contributed by atoms with van der Waals surface area (Å²) in [7, 11) is 0. The van der Waals surface area contributed by atoms with Crippen molar-refractivity contribution in [2.45, 2.75) is 33.2 Å². The monoisotopic (exact) mass is 214 g/mol. The minimum Gasteiger partial charge on any atom is -0.379 e. The molecule has 15 heavy (non-hydrogen) atoms. The van der Waals surface area contributed by atoms with Gasteiger partial charge >= 0.3 is 6.03 Å². The Kier molecular flexibility index (Phi) is 4.88. The van der Waals surface area contributed by atoms with Gasteiger partial charge in [-0.3, -0.25) is 0 Å². The molecule has 1 heterocycles. The molecule has 0 radical (unpaired) electrons. The number of likely N-dealkylation sites (tertiary alicyclic amines) is 1. The molecule has 1 aliphatic rings. The van der Waals surface area contributed by atoms with Crippen LogP contribution in [-0.2, 0) is 4.74 Å². The number of urea groups is 1. The quantitative estimate of drug-likeness (QED) is 0.753. The van der Waals surface area contributed by atoms with Crippen LogP contribution < -0.4 is 5.32 Å². The van der Waals surface area contributed by atoms with Gasteiger partial charge in [0.15, 0.2) is 0 Å². The third-order valence-electron chi connectivity index (χ3n) is 2.33. The van der Waals surface area contributed by atoms with E-state index >= 15 is 0 Å². The lowest BCUT2D eigenvalue weighted by molar-refractivity contribution is 0.0913. The molecule has 0 aliphatic carbocycles. The van der Waals surface area contributed by atoms with Crippen LogP contribution in [0.25, 0.3) is 0 Å². The molecular weight excluding hydrogens is 192 g/mol. The predicted molar refractivity (Wildman–Crippen MR) is 59.8 cm³/mol. The van der Waals surface area contributed by atoms with Gasteiger partial charge in [-0.05, 0) is 19.3 Å². The fraction of sp³-hybridized carbons (Fsp3) is 0.909. The van der Waals surface area contributed by atoms with Crippen LogP contribution in [0.15, 0.2) is 0 Å². The van der Waals surface area contributed by atoms with Crippen molar-refractivity contribution in [2.24, 2.45) is 5.92 Å². The van der Waals surface area contributed by atoms with Crippen molar-refractivity contribution in [3.05, 3.63) is 0 Å². The average molecular weight is 214 g/mol. The fourth-order valence-electron chi connectivity index (χ4n) is 1.34. The van der Waals surface area contributed by atoms with E-state index in [9.17, 15) is 4.79 Å². The molecule has 0 aromatic heterocycles. The van der Waals surface area contributed by atoms with Gasteiger partial charge in [-0.2, -0.15) is 0 Å². The Balaban J connectivity index is 2.06. The summed E-state index contributed by atoms with van der Waals surface area (Å²) in [5, 5.41) is 2.92. The van der Waals surface area contributed by atoms with Gasteiger partial charge in [-0.1, -0.05) is 13.8 Å². The smallest absolute Gasteiger partial charge is 0.317 e. The van der Waals surface area contributed by atoms with Crippen molar-refractivity contribution in [1.29, 1.82) is 0 Å². The lowest BCUT2D eigenvalue weighted by atomic mass is 10.2. The molecule has 1 N–H and O–H groups in total. The van der Waals surface area contributed by atoms with E-state index in [2.05, 4.69) is 19.2 Å². The van der Waals surface area contributed by atoms with E-state index in [1.165, 1.54) is 0 Å². The molecule has 1 atom stereocenters. The highest BCUT2D eigenvalue weighted by Gasteiger charge is 2.21. The van der Waals surface area contributed by atoms with Gasteiger partial charge in [0.05, 0.1) is 12.6 Å². The molecule has 0 aromatic rings. The minimum atomic E-state index is 0.0434. The third kappa shape index (κ3) is 4.51. The molecule has 1 rings (SSSR count). The van der Waals surface area contributed by atoms with Crippen LogP contribution >= 0.6 is 0 Å². The van der Waals surface area contributed by atoms with Gasteiger partial charge in [0, 0.05) is 19.7 Å². The van der Waals surface area contributed by atoms with E-state index in [1.807, 2.05) is 11.8 Å². The number of hydrogen-bond donors (Lipinski definition) is 1. The first-order valence-electron chi connectivity index (χ1n) is 5.72. The Bertz CT molecular complexity index is 203. The second-order valence-electron chi connectivity index (χ2n) is 4.62. The summed E-state index contributed by atoms with van der Waals surface area (Å²) in [6.07, 6.45) is 1.13. The first-order valence-corrected chi connectivity index (χ1v) is 5.72. The first kappa shape index (κ1) is 12.3. The van der Waals surface area contributed by atoms with Crippen LogP contribution in [0.3, 0.4) is 0 Å². The minimum absolute atomic E-state index is 0.0434. The SMILES string of the molecule is CC(C)COCC(C)NC(=O)N1CCC1. The lowest BCUT2D eigenvalue weighted by Crippen LogP contribution is -2.50. The predicted octanol–water partition coefficient (Wildman–Crippen LogP) is 1.46. The molecule has 1 fully saturated rings. The molecule has 1 aliphatic heterocycles. The van der Waals surface area contributed by atoms with E-state index < -0.39 is 0 Å². The lowest BCUT2D eigenvalue weighted by Gasteiger charge is -2.32. The zero-order valence-electron chi connectivity index (χ0n) is 9.95. The molecule has 4 nitrogen and oxygen atoms in total. The molecule has 1 saturated heterocycles. The molecule has 0 spiro atoms. The standard InChI is InChI=1S/C11H22N2O2/c1-9(2)7-15-8-10(3)12-11(14)13-5-4-6-13/h9-10H,4-8H2,1-3H3,(H,12,14). The Labute approximate surface area is 92.0 Å². The zero-order valence-corrected chi connectivity index (χ0v) is 9.95. The van der Waals surface area contributed by atoms with Crippen molar-refractivity contribution in [3.63, 3.8) is 0 Å². The fourth-order valence-corrected chi connectivity index (χ4v) is 1.34. The maximum absolute atomic E-state index is 11.5. The highest BCUT2D eigenvalue weighted by atomic mass is 16.5. The van der Waals surface area contributed by atoms with E-state index in [0.717, 1.165) is 26.1 Å². The number of ether oxygens (including phenoxy) is 1. The van der Waals surface area contributed by atoms with Gasteiger partial charge in [-0.25, -0.2) is 4.79 Å². The van der Waals surface area contributed by atoms with Gasteiger partial charge in [0.2, 0.25) is 0 Å². The van der Waals surface area contributed by atoms with Crippen molar-refractivity contribution in [2.75, 3.05) is 26.3 Å². The number of rotatable bonds is 5. The molecule has 0 saturated carbocycles. The number of carbonyl (C=O) groups excluding carboxylic acids is 1. The molecule has 0 bridgehead atoms. The van der Waals surface area contributed by atoms with Gasteiger partial charge in [0.25, 0.3) is 0 Å². The summed E-state index contributed by atoms with van der Waals surface area (Å²) in [5.41, 5.74) is 0. The topological polar surface area (TPSA) is 41.6 Å². The van der Waals surface area contributed by atoms with Crippen LogP contribution in [0.4, 0.5) is 4.79 Å². The van der Waals surface area contributed by atoms with Gasteiger partial charge < -0.3 is 15.0 Å². The summed E-state index contributed by atoms with van der Waals surface area (Å²) < 4.78 is 5.46. The molecule has 88 valence electrons. The first-order chi connectivity index (χ1) is 7.09. The van der Waals surface area contributed by atoms with Gasteiger partial charge in [0.1, 0.15) is 0 Å². The zero-order chi connectivity index (χ0) is 11.3. The van der Waals surface area contributed by atoms with Crippen molar-refractivity contribution in [1.82, 2.24) is 10.2 Å². The Morgan fingerprint density at radius 2 is 2.00 bits per heavy atom. The summed E-state index contributed by atoms with van der Waals surface area (Å²) >= 11 is 0. The number of nitrogens with zero attached hydrogens (tertiary/aromatic N) is 1. The van der Waals surface area contributed by atoms with Crippen molar-refractivity contribution in [3.8, 4) is 0 Å². The second kappa shape index (κ2) is 5.95. The van der Waals surface area contributed by atoms with Crippen LogP contribution in [-0.4, -0.2) is 43.3 Å². The Hall–Kier alpha value is -0.770. The summed E-state index contributed by atoms with van der Waals surface area (Å²) in [6, 6.07) is 0.138. The highest BCUT2D eigenvalue weighted by Crippen LogP contribution is 2.05. The maximum atomic E-state index is 11.5. The summed E-state index contributed by atoms with van der Waals surface area (Å²) in [6.45, 7) is 9.34. The number of carbonyl (C=O) groups is 1. The Morgan fingerprint density at radius 3 is 2.47 bits per heavy atom. The number of nitrogens with one attached hydrogen (secondary N) is 1. The molecular formula is C11H22N2O2. The van der Waals surface area contributed by atoms with E-state index in [-0.39, 0.29) is 12.1 Å². The molecule has 2 amide bonds. The van der Waals surface area contributed by atoms with Crippen molar-refractivity contribution < 1.29 is 9.53 Å². The maximum Gasteiger partial charge on any atom is 0.317 e. The second-order valence-corrected chi connectivity index (χ2v) is 4.62. The van der Waals surface area contributed by atoms with Crippen LogP contribution in [0, 0.1) is 5.92 Å². The Morgan fingerprint density at radius 1 is 1.33 bits per heavy atom. The van der Waals surface area contributed by atoms with Crippen LogP contribution in [0.1, 0.15) is 27.2 Å². The largest absolute Gasteiger partial charge is 0.379 e. The van der Waals surface area contributed by atoms with E-state index in [1.54, 1.807) is 0 Å². The van der Waals surface area contributed by atoms with Crippen LogP contribution in [0.5, 0.6) is 0 Å². The molecule has 4 heteroatoms. The van der Waals surface area contributed by atoms with Crippen LogP contribution in [0.2, 0.25) is 0 Å². The molecule has 0 aromatic carbocycles. The van der Waals surface area contributed by atoms with E-state index in [4.69, 9.17) is 4.74 Å². The average Bonchev–Trinajstić information content (AvgIpc) is 1.98. The van der Waals surface area contributed by atoms with Crippen molar-refractivity contribution >= 4 is 6.03 Å². The summed E-state index contributed by atoms with van der Waals surface area (Å²) in [5.74, 6) is 0.545.